The van der Waals surface area contributed by atoms with Crippen LogP contribution in [0.2, 0.25) is 0 Å². The van der Waals surface area contributed by atoms with Gasteiger partial charge >= 0.3 is 0 Å². The quantitative estimate of drug-likeness (QED) is 0.447. The van der Waals surface area contributed by atoms with Gasteiger partial charge in [-0.05, 0) is 42.3 Å². The molecule has 1 atom stereocenters. The highest BCUT2D eigenvalue weighted by atomic mass is 16.7. The molecule has 1 amide bonds. The fraction of sp³-hybridized carbons (Fsp3) is 0.185. The fourth-order valence-corrected chi connectivity index (χ4v) is 4.67. The number of benzene rings is 3. The zero-order chi connectivity index (χ0) is 23.1. The summed E-state index contributed by atoms with van der Waals surface area (Å²) in [6, 6.07) is 23.4. The molecule has 170 valence electrons. The molecule has 0 saturated carbocycles. The van der Waals surface area contributed by atoms with Gasteiger partial charge in [0.05, 0.1) is 18.3 Å². The van der Waals surface area contributed by atoms with Gasteiger partial charge in [0.2, 0.25) is 6.79 Å². The number of fused-ring (bicyclic) bond motifs is 2. The second-order valence-corrected chi connectivity index (χ2v) is 8.25. The van der Waals surface area contributed by atoms with E-state index in [-0.39, 0.29) is 18.7 Å². The molecule has 1 N–H and O–H groups in total. The Morgan fingerprint density at radius 2 is 1.82 bits per heavy atom. The highest BCUT2D eigenvalue weighted by Gasteiger charge is 2.42. The number of aromatic nitrogens is 2. The monoisotopic (exact) mass is 453 g/mol. The zero-order valence-corrected chi connectivity index (χ0v) is 18.7. The molecule has 0 aliphatic carbocycles. The van der Waals surface area contributed by atoms with Gasteiger partial charge in [-0.3, -0.25) is 9.89 Å². The minimum absolute atomic E-state index is 0.0822. The number of nitrogens with one attached hydrogen (secondary N) is 1. The Hall–Kier alpha value is -4.26. The van der Waals surface area contributed by atoms with E-state index in [0.717, 1.165) is 39.4 Å². The summed E-state index contributed by atoms with van der Waals surface area (Å²) in [6.07, 6.45) is 0. The average molecular weight is 453 g/mol. The third-order valence-electron chi connectivity index (χ3n) is 6.21. The number of rotatable bonds is 6. The fourth-order valence-electron chi connectivity index (χ4n) is 4.67. The van der Waals surface area contributed by atoms with E-state index in [1.54, 1.807) is 0 Å². The largest absolute Gasteiger partial charge is 0.494 e. The zero-order valence-electron chi connectivity index (χ0n) is 18.7. The summed E-state index contributed by atoms with van der Waals surface area (Å²) in [4.78, 5) is 15.5. The number of nitrogens with zero attached hydrogens (tertiary/aromatic N) is 2. The number of amides is 1. The second kappa shape index (κ2) is 8.26. The van der Waals surface area contributed by atoms with Crippen LogP contribution in [0.25, 0.3) is 11.3 Å². The summed E-state index contributed by atoms with van der Waals surface area (Å²) in [5, 5.41) is 7.55. The van der Waals surface area contributed by atoms with E-state index in [9.17, 15) is 4.79 Å². The van der Waals surface area contributed by atoms with Gasteiger partial charge in [-0.2, -0.15) is 5.10 Å². The molecule has 0 spiro atoms. The van der Waals surface area contributed by atoms with E-state index in [0.29, 0.717) is 24.6 Å². The smallest absolute Gasteiger partial charge is 0.273 e. The van der Waals surface area contributed by atoms with Gasteiger partial charge in [-0.25, -0.2) is 0 Å². The normalized spacial score (nSPS) is 16.1. The Labute approximate surface area is 196 Å². The molecule has 1 unspecified atom stereocenters. The maximum atomic E-state index is 13.6. The molecule has 2 aliphatic rings. The highest BCUT2D eigenvalue weighted by molar-refractivity contribution is 6.00. The van der Waals surface area contributed by atoms with Crippen LogP contribution < -0.4 is 14.2 Å². The van der Waals surface area contributed by atoms with Crippen molar-refractivity contribution in [3.63, 3.8) is 0 Å². The van der Waals surface area contributed by atoms with E-state index in [4.69, 9.17) is 14.2 Å². The Bertz CT molecular complexity index is 1350. The molecule has 6 rings (SSSR count). The molecule has 3 heterocycles. The van der Waals surface area contributed by atoms with Crippen LogP contribution in [-0.2, 0) is 6.54 Å². The van der Waals surface area contributed by atoms with Crippen LogP contribution in [0.5, 0.6) is 17.2 Å². The summed E-state index contributed by atoms with van der Waals surface area (Å²) < 4.78 is 16.6. The van der Waals surface area contributed by atoms with E-state index in [1.807, 2.05) is 84.6 Å². The van der Waals surface area contributed by atoms with Crippen molar-refractivity contribution in [2.75, 3.05) is 13.4 Å². The van der Waals surface area contributed by atoms with Gasteiger partial charge in [0.25, 0.3) is 5.91 Å². The topological polar surface area (TPSA) is 76.7 Å². The summed E-state index contributed by atoms with van der Waals surface area (Å²) in [5.41, 5.74) is 5.13. The minimum atomic E-state index is -0.294. The van der Waals surface area contributed by atoms with Crippen molar-refractivity contribution in [1.29, 1.82) is 0 Å². The number of carbonyl (C=O) groups excluding carboxylic acids is 1. The van der Waals surface area contributed by atoms with Crippen molar-refractivity contribution in [2.24, 2.45) is 0 Å². The molecule has 0 bridgehead atoms. The van der Waals surface area contributed by atoms with Crippen LogP contribution >= 0.6 is 0 Å². The summed E-state index contributed by atoms with van der Waals surface area (Å²) >= 11 is 0. The number of H-pyrrole nitrogens is 1. The lowest BCUT2D eigenvalue weighted by atomic mass is 9.96. The first kappa shape index (κ1) is 20.4. The van der Waals surface area contributed by atoms with Gasteiger partial charge < -0.3 is 19.1 Å². The second-order valence-electron chi connectivity index (χ2n) is 8.25. The first-order valence-corrected chi connectivity index (χ1v) is 11.3. The van der Waals surface area contributed by atoms with Crippen molar-refractivity contribution in [2.45, 2.75) is 19.5 Å². The van der Waals surface area contributed by atoms with E-state index >= 15 is 0 Å². The lowest BCUT2D eigenvalue weighted by Crippen LogP contribution is -2.29. The molecule has 7 heteroatoms. The molecule has 0 radical (unpaired) electrons. The number of hydrogen-bond acceptors (Lipinski definition) is 5. The van der Waals surface area contributed by atoms with Crippen LogP contribution in [-0.4, -0.2) is 34.4 Å². The molecule has 3 aromatic carbocycles. The van der Waals surface area contributed by atoms with Crippen molar-refractivity contribution >= 4 is 5.91 Å². The number of aromatic amines is 1. The third kappa shape index (κ3) is 3.37. The third-order valence-corrected chi connectivity index (χ3v) is 6.21. The van der Waals surface area contributed by atoms with Crippen LogP contribution in [0.3, 0.4) is 0 Å². The Morgan fingerprint density at radius 1 is 1.03 bits per heavy atom. The van der Waals surface area contributed by atoms with Gasteiger partial charge in [-0.15, -0.1) is 0 Å². The van der Waals surface area contributed by atoms with Crippen molar-refractivity contribution in [3.8, 4) is 28.5 Å². The average Bonchev–Trinajstić information content (AvgIpc) is 3.57. The van der Waals surface area contributed by atoms with Gasteiger partial charge in [0.1, 0.15) is 11.4 Å². The van der Waals surface area contributed by atoms with Crippen LogP contribution in [0.15, 0.2) is 72.8 Å². The molecule has 0 fully saturated rings. The van der Waals surface area contributed by atoms with E-state index < -0.39 is 0 Å². The highest BCUT2D eigenvalue weighted by Crippen LogP contribution is 2.44. The van der Waals surface area contributed by atoms with Crippen LogP contribution in [0.4, 0.5) is 0 Å². The molecule has 1 aromatic heterocycles. The first-order valence-electron chi connectivity index (χ1n) is 11.3. The molecule has 0 saturated heterocycles. The molecular formula is C27H23N3O4. The predicted molar refractivity (Wildman–Crippen MR) is 126 cm³/mol. The van der Waals surface area contributed by atoms with Crippen molar-refractivity contribution in [3.05, 3.63) is 95.2 Å². The van der Waals surface area contributed by atoms with Crippen LogP contribution in [0.1, 0.15) is 40.1 Å². The summed E-state index contributed by atoms with van der Waals surface area (Å²) in [7, 11) is 0. The van der Waals surface area contributed by atoms with E-state index in [2.05, 4.69) is 10.2 Å². The lowest BCUT2D eigenvalue weighted by molar-refractivity contribution is 0.0730. The number of hydrogen-bond donors (Lipinski definition) is 1. The SMILES string of the molecule is CCOc1ccc(C2c3c(-c4ccccc4)n[nH]c3C(=O)N2Cc2ccc3c(c2)OCO3)cc1. The predicted octanol–water partition coefficient (Wildman–Crippen LogP) is 4.95. The molecular weight excluding hydrogens is 430 g/mol. The van der Waals surface area contributed by atoms with Gasteiger partial charge in [0.15, 0.2) is 11.5 Å². The van der Waals surface area contributed by atoms with Crippen molar-refractivity contribution in [1.82, 2.24) is 15.1 Å². The van der Waals surface area contributed by atoms with Gasteiger partial charge in [-0.1, -0.05) is 48.5 Å². The molecule has 4 aromatic rings. The Kier molecular flexibility index (Phi) is 4.95. The Balaban J connectivity index is 1.43. The maximum Gasteiger partial charge on any atom is 0.273 e. The van der Waals surface area contributed by atoms with E-state index in [1.165, 1.54) is 0 Å². The summed E-state index contributed by atoms with van der Waals surface area (Å²) in [5.74, 6) is 2.14. The van der Waals surface area contributed by atoms with Gasteiger partial charge in [0, 0.05) is 17.7 Å². The molecule has 34 heavy (non-hydrogen) atoms. The molecule has 2 aliphatic heterocycles. The summed E-state index contributed by atoms with van der Waals surface area (Å²) in [6.45, 7) is 3.19. The number of ether oxygens (including phenoxy) is 3. The van der Waals surface area contributed by atoms with Crippen molar-refractivity contribution < 1.29 is 19.0 Å². The maximum absolute atomic E-state index is 13.6. The minimum Gasteiger partial charge on any atom is -0.494 e. The Morgan fingerprint density at radius 3 is 2.62 bits per heavy atom. The standard InChI is InChI=1S/C27H23N3O4/c1-2-32-20-11-9-19(10-12-20)26-23-24(18-6-4-3-5-7-18)28-29-25(23)27(31)30(26)15-17-8-13-21-22(14-17)34-16-33-21/h3-14,26H,2,15-16H2,1H3,(H,28,29). The number of carbonyl (C=O) groups is 1. The first-order chi connectivity index (χ1) is 16.7. The lowest BCUT2D eigenvalue weighted by Gasteiger charge is -2.27. The molecule has 7 nitrogen and oxygen atoms in total. The van der Waals surface area contributed by atoms with Crippen LogP contribution in [0, 0.1) is 0 Å².